The fourth-order valence-corrected chi connectivity index (χ4v) is 4.33. The Hall–Kier alpha value is -3.21. The number of hydrogen-bond donors (Lipinski definition) is 1. The summed E-state index contributed by atoms with van der Waals surface area (Å²) in [4.78, 5) is 11.8. The van der Waals surface area contributed by atoms with E-state index in [1.54, 1.807) is 31.3 Å². The van der Waals surface area contributed by atoms with Crippen LogP contribution in [0, 0.1) is 0 Å². The van der Waals surface area contributed by atoms with Crippen LogP contribution in [0.1, 0.15) is 35.4 Å². The molecule has 2 atom stereocenters. The zero-order valence-corrected chi connectivity index (χ0v) is 20.2. The minimum Gasteiger partial charge on any atom is -0.458 e. The number of carbonyl (C=O) groups is 1. The molecule has 1 fully saturated rings. The first-order chi connectivity index (χ1) is 17.0. The minimum absolute atomic E-state index is 0.0998. The van der Waals surface area contributed by atoms with Crippen molar-refractivity contribution in [1.29, 1.82) is 0 Å². The molecule has 36 heavy (non-hydrogen) atoms. The Morgan fingerprint density at radius 1 is 1.19 bits per heavy atom. The SMILES string of the molecule is Cn1nnnc1C(/C=C/[C@@H]1C[C@@H](O)CC(=O)O1)=C(c1ccc(C(F)(F)F)cc1)c1ccc(Cl)cc1Cl. The quantitative estimate of drug-likeness (QED) is 0.358. The summed E-state index contributed by atoms with van der Waals surface area (Å²) in [6.07, 6.45) is -2.85. The Bertz CT molecular complexity index is 1340. The number of tetrazole rings is 1. The van der Waals surface area contributed by atoms with Gasteiger partial charge in [-0.1, -0.05) is 47.5 Å². The first-order valence-electron chi connectivity index (χ1n) is 10.7. The summed E-state index contributed by atoms with van der Waals surface area (Å²) >= 11 is 12.6. The topological polar surface area (TPSA) is 90.1 Å². The van der Waals surface area contributed by atoms with Gasteiger partial charge in [-0.25, -0.2) is 4.68 Å². The van der Waals surface area contributed by atoms with Crippen molar-refractivity contribution in [3.8, 4) is 0 Å². The number of esters is 1. The van der Waals surface area contributed by atoms with Gasteiger partial charge in [0.2, 0.25) is 0 Å². The molecular weight excluding hydrogens is 520 g/mol. The maximum Gasteiger partial charge on any atom is 0.416 e. The first-order valence-corrected chi connectivity index (χ1v) is 11.4. The summed E-state index contributed by atoms with van der Waals surface area (Å²) in [5.41, 5.74) is 0.859. The van der Waals surface area contributed by atoms with Crippen molar-refractivity contribution in [3.63, 3.8) is 0 Å². The molecule has 0 spiro atoms. The molecule has 0 bridgehead atoms. The second-order valence-corrected chi connectivity index (χ2v) is 8.94. The van der Waals surface area contributed by atoms with Gasteiger partial charge in [-0.15, -0.1) is 5.10 Å². The van der Waals surface area contributed by atoms with E-state index in [1.165, 1.54) is 22.9 Å². The summed E-state index contributed by atoms with van der Waals surface area (Å²) in [5.74, 6) is -0.271. The number of carbonyl (C=O) groups excluding carboxylic acids is 1. The second-order valence-electron chi connectivity index (χ2n) is 8.10. The lowest BCUT2D eigenvalue weighted by Crippen LogP contribution is -2.31. The highest BCUT2D eigenvalue weighted by Gasteiger charge is 2.31. The zero-order chi connectivity index (χ0) is 26.0. The normalized spacial score (nSPS) is 19.4. The predicted octanol–water partition coefficient (Wildman–Crippen LogP) is 5.12. The molecule has 2 heterocycles. The minimum atomic E-state index is -4.51. The third kappa shape index (κ3) is 5.77. The van der Waals surface area contributed by atoms with Gasteiger partial charge in [0.1, 0.15) is 6.10 Å². The van der Waals surface area contributed by atoms with E-state index in [2.05, 4.69) is 15.5 Å². The monoisotopic (exact) mass is 538 g/mol. The molecule has 0 amide bonds. The van der Waals surface area contributed by atoms with Gasteiger partial charge in [-0.3, -0.25) is 4.79 Å². The average molecular weight is 539 g/mol. The van der Waals surface area contributed by atoms with E-state index in [4.69, 9.17) is 27.9 Å². The number of halogens is 5. The second kappa shape index (κ2) is 10.4. The lowest BCUT2D eigenvalue weighted by molar-refractivity contribution is -0.156. The number of nitrogens with zero attached hydrogens (tertiary/aromatic N) is 4. The van der Waals surface area contributed by atoms with Crippen LogP contribution >= 0.6 is 23.2 Å². The van der Waals surface area contributed by atoms with Crippen molar-refractivity contribution in [3.05, 3.63) is 87.2 Å². The predicted molar refractivity (Wildman–Crippen MR) is 127 cm³/mol. The average Bonchev–Trinajstić information content (AvgIpc) is 3.22. The number of ether oxygens (including phenoxy) is 1. The van der Waals surface area contributed by atoms with E-state index in [9.17, 15) is 23.1 Å². The molecule has 1 N–H and O–H groups in total. The van der Waals surface area contributed by atoms with Crippen molar-refractivity contribution < 1.29 is 27.8 Å². The van der Waals surface area contributed by atoms with Crippen LogP contribution in [0.15, 0.2) is 54.6 Å². The summed E-state index contributed by atoms with van der Waals surface area (Å²) in [6, 6.07) is 9.33. The molecule has 12 heteroatoms. The number of hydrogen-bond acceptors (Lipinski definition) is 6. The molecule has 1 aliphatic rings. The number of alkyl halides is 3. The van der Waals surface area contributed by atoms with Gasteiger partial charge in [0.05, 0.1) is 18.1 Å². The van der Waals surface area contributed by atoms with Crippen LogP contribution < -0.4 is 0 Å². The van der Waals surface area contributed by atoms with Gasteiger partial charge >= 0.3 is 12.1 Å². The highest BCUT2D eigenvalue weighted by molar-refractivity contribution is 6.36. The van der Waals surface area contributed by atoms with Crippen LogP contribution in [0.4, 0.5) is 13.2 Å². The van der Waals surface area contributed by atoms with Crippen molar-refractivity contribution in [2.75, 3.05) is 0 Å². The Morgan fingerprint density at radius 2 is 1.92 bits per heavy atom. The fraction of sp³-hybridized carbons (Fsp3) is 0.250. The van der Waals surface area contributed by atoms with E-state index in [0.29, 0.717) is 27.3 Å². The van der Waals surface area contributed by atoms with Gasteiger partial charge in [0.25, 0.3) is 0 Å². The van der Waals surface area contributed by atoms with Crippen LogP contribution in [-0.4, -0.2) is 43.5 Å². The number of aryl methyl sites for hydroxylation is 1. The molecule has 4 rings (SSSR count). The smallest absolute Gasteiger partial charge is 0.416 e. The highest BCUT2D eigenvalue weighted by Crippen LogP contribution is 2.38. The van der Waals surface area contributed by atoms with Crippen LogP contribution in [0.2, 0.25) is 10.0 Å². The largest absolute Gasteiger partial charge is 0.458 e. The van der Waals surface area contributed by atoms with E-state index in [1.807, 2.05) is 0 Å². The van der Waals surface area contributed by atoms with Gasteiger partial charge in [0, 0.05) is 40.2 Å². The summed E-state index contributed by atoms with van der Waals surface area (Å²) in [7, 11) is 1.60. The number of benzene rings is 2. The molecule has 2 aromatic carbocycles. The van der Waals surface area contributed by atoms with Gasteiger partial charge in [0.15, 0.2) is 5.82 Å². The third-order valence-corrected chi connectivity index (χ3v) is 6.05. The molecule has 1 aliphatic heterocycles. The summed E-state index contributed by atoms with van der Waals surface area (Å²) < 4.78 is 46.4. The number of cyclic esters (lactones) is 1. The Kier molecular flexibility index (Phi) is 7.49. The summed E-state index contributed by atoms with van der Waals surface area (Å²) in [5, 5.41) is 22.2. The van der Waals surface area contributed by atoms with Crippen molar-refractivity contribution in [1.82, 2.24) is 20.2 Å². The first kappa shape index (κ1) is 25.9. The number of allylic oxidation sites excluding steroid dienone is 2. The van der Waals surface area contributed by atoms with Gasteiger partial charge in [-0.05, 0) is 46.3 Å². The molecule has 3 aromatic rings. The number of aromatic nitrogens is 4. The molecule has 0 saturated carbocycles. The molecule has 1 aromatic heterocycles. The van der Waals surface area contributed by atoms with E-state index >= 15 is 0 Å². The lowest BCUT2D eigenvalue weighted by atomic mass is 9.91. The van der Waals surface area contributed by atoms with Crippen molar-refractivity contribution >= 4 is 40.3 Å². The zero-order valence-electron chi connectivity index (χ0n) is 18.7. The van der Waals surface area contributed by atoms with E-state index in [0.717, 1.165) is 12.1 Å². The van der Waals surface area contributed by atoms with Crippen LogP contribution in [0.25, 0.3) is 11.1 Å². The standard InChI is InChI=1S/C24H19Cl2F3N4O3/c1-33-23(30-31-32-33)19(9-7-17-11-16(34)12-21(35)36-17)22(18-8-6-15(25)10-20(18)26)13-2-4-14(5-3-13)24(27,28)29/h2-10,16-17,34H,11-12H2,1H3/b9-7+,22-19?/t16-,17-/m1/s1. The number of rotatable bonds is 5. The Labute approximate surface area is 213 Å². The number of aliphatic hydroxyl groups excluding tert-OH is 1. The molecule has 1 saturated heterocycles. The van der Waals surface area contributed by atoms with Crippen molar-refractivity contribution in [2.24, 2.45) is 7.05 Å². The third-order valence-electron chi connectivity index (χ3n) is 5.50. The Balaban J connectivity index is 1.95. The maximum atomic E-state index is 13.2. The lowest BCUT2D eigenvalue weighted by Gasteiger charge is -2.23. The van der Waals surface area contributed by atoms with E-state index < -0.39 is 29.9 Å². The molecule has 0 aliphatic carbocycles. The van der Waals surface area contributed by atoms with E-state index in [-0.39, 0.29) is 23.7 Å². The molecule has 0 unspecified atom stereocenters. The molecular formula is C24H19Cl2F3N4O3. The van der Waals surface area contributed by atoms with Gasteiger partial charge in [-0.2, -0.15) is 13.2 Å². The van der Waals surface area contributed by atoms with Crippen LogP contribution in [0.5, 0.6) is 0 Å². The van der Waals surface area contributed by atoms with Crippen LogP contribution in [0.3, 0.4) is 0 Å². The molecule has 188 valence electrons. The van der Waals surface area contributed by atoms with Crippen molar-refractivity contribution in [2.45, 2.75) is 31.2 Å². The van der Waals surface area contributed by atoms with Crippen LogP contribution in [-0.2, 0) is 22.8 Å². The fourth-order valence-electron chi connectivity index (χ4n) is 3.83. The molecule has 7 nitrogen and oxygen atoms in total. The molecule has 0 radical (unpaired) electrons. The summed E-state index contributed by atoms with van der Waals surface area (Å²) in [6.45, 7) is 0. The Morgan fingerprint density at radius 3 is 2.50 bits per heavy atom. The number of aliphatic hydroxyl groups is 1. The highest BCUT2D eigenvalue weighted by atomic mass is 35.5. The van der Waals surface area contributed by atoms with Gasteiger partial charge < -0.3 is 9.84 Å². The maximum absolute atomic E-state index is 13.2.